The van der Waals surface area contributed by atoms with E-state index in [4.69, 9.17) is 0 Å². The molecule has 0 unspecified atom stereocenters. The van der Waals surface area contributed by atoms with Crippen LogP contribution in [0, 0.1) is 0 Å². The summed E-state index contributed by atoms with van der Waals surface area (Å²) < 4.78 is 0. The molecule has 0 atom stereocenters. The molecule has 138 valence electrons. The summed E-state index contributed by atoms with van der Waals surface area (Å²) in [5, 5.41) is 8.84. The van der Waals surface area contributed by atoms with E-state index < -0.39 is 0 Å². The maximum atomic E-state index is 11.5. The van der Waals surface area contributed by atoms with Crippen LogP contribution in [0.5, 0.6) is 0 Å². The second kappa shape index (κ2) is 10.9. The van der Waals surface area contributed by atoms with Gasteiger partial charge in [-0.05, 0) is 24.5 Å². The van der Waals surface area contributed by atoms with Gasteiger partial charge in [-0.2, -0.15) is 0 Å². The number of aryl methyl sites for hydroxylation is 1. The van der Waals surface area contributed by atoms with Gasteiger partial charge in [0.05, 0.1) is 13.1 Å². The van der Waals surface area contributed by atoms with Gasteiger partial charge < -0.3 is 16.0 Å². The highest BCUT2D eigenvalue weighted by atomic mass is 127. The van der Waals surface area contributed by atoms with Gasteiger partial charge in [-0.15, -0.1) is 24.0 Å². The van der Waals surface area contributed by atoms with Gasteiger partial charge >= 0.3 is 6.03 Å². The molecule has 0 radical (unpaired) electrons. The zero-order chi connectivity index (χ0) is 17.4. The van der Waals surface area contributed by atoms with E-state index in [0.717, 1.165) is 13.0 Å². The molecular weight excluding hydrogens is 433 g/mol. The van der Waals surface area contributed by atoms with Crippen LogP contribution in [0.25, 0.3) is 0 Å². The monoisotopic (exact) mass is 459 g/mol. The molecule has 0 saturated carbocycles. The minimum atomic E-state index is -0.333. The van der Waals surface area contributed by atoms with E-state index in [9.17, 15) is 9.59 Å². The first-order valence-electron chi connectivity index (χ1n) is 8.32. The van der Waals surface area contributed by atoms with Gasteiger partial charge in [0.25, 0.3) is 0 Å². The number of amides is 3. The minimum absolute atomic E-state index is 0. The number of nitrogens with zero attached hydrogens (tertiary/aromatic N) is 2. The summed E-state index contributed by atoms with van der Waals surface area (Å²) in [6.07, 6.45) is 0.974. The van der Waals surface area contributed by atoms with Crippen molar-refractivity contribution in [1.29, 1.82) is 0 Å². The number of nitrogens with one attached hydrogen (secondary N) is 3. The van der Waals surface area contributed by atoms with E-state index in [2.05, 4.69) is 40.0 Å². The quantitative estimate of drug-likeness (QED) is 0.250. The molecule has 25 heavy (non-hydrogen) atoms. The van der Waals surface area contributed by atoms with E-state index in [1.807, 2.05) is 19.1 Å². The molecule has 3 N–H and O–H groups in total. The average molecular weight is 459 g/mol. The Morgan fingerprint density at radius 3 is 2.52 bits per heavy atom. The highest BCUT2D eigenvalue weighted by Gasteiger charge is 2.27. The van der Waals surface area contributed by atoms with Gasteiger partial charge in [-0.3, -0.25) is 9.69 Å². The van der Waals surface area contributed by atoms with Crippen LogP contribution in [0.15, 0.2) is 29.3 Å². The van der Waals surface area contributed by atoms with Crippen LogP contribution in [-0.2, 0) is 17.8 Å². The maximum absolute atomic E-state index is 11.5. The number of hydrogen-bond donors (Lipinski definition) is 3. The molecule has 1 saturated heterocycles. The third-order valence-corrected chi connectivity index (χ3v) is 3.82. The SMILES string of the molecule is CCNC(=NCc1ccccc1CC)NCCN1C(=O)CNC1=O.I. The molecule has 1 aliphatic rings. The molecule has 0 spiro atoms. The third-order valence-electron chi connectivity index (χ3n) is 3.82. The van der Waals surface area contributed by atoms with Crippen molar-refractivity contribution in [1.82, 2.24) is 20.9 Å². The van der Waals surface area contributed by atoms with Gasteiger partial charge in [-0.25, -0.2) is 9.79 Å². The molecule has 1 fully saturated rings. The summed E-state index contributed by atoms with van der Waals surface area (Å²) in [5.74, 6) is 0.482. The van der Waals surface area contributed by atoms with Crippen molar-refractivity contribution in [2.75, 3.05) is 26.2 Å². The van der Waals surface area contributed by atoms with E-state index in [1.165, 1.54) is 16.0 Å². The number of hydrogen-bond acceptors (Lipinski definition) is 3. The van der Waals surface area contributed by atoms with Gasteiger partial charge in [0.1, 0.15) is 0 Å². The first-order valence-corrected chi connectivity index (χ1v) is 8.32. The van der Waals surface area contributed by atoms with Crippen LogP contribution < -0.4 is 16.0 Å². The highest BCUT2D eigenvalue weighted by Crippen LogP contribution is 2.10. The zero-order valence-corrected chi connectivity index (χ0v) is 17.0. The Bertz CT molecular complexity index is 605. The second-order valence-corrected chi connectivity index (χ2v) is 5.45. The summed E-state index contributed by atoms with van der Waals surface area (Å²) in [6, 6.07) is 7.91. The lowest BCUT2D eigenvalue weighted by atomic mass is 10.1. The zero-order valence-electron chi connectivity index (χ0n) is 14.7. The number of halogens is 1. The number of carbonyl (C=O) groups excluding carboxylic acids is 2. The van der Waals surface area contributed by atoms with E-state index in [1.54, 1.807) is 0 Å². The standard InChI is InChI=1S/C17H25N5O2.HI/c1-3-13-7-5-6-8-14(13)11-20-16(18-4-2)19-9-10-22-15(23)12-21-17(22)24;/h5-8H,3-4,9-12H2,1-2H3,(H,21,24)(H2,18,19,20);1H. The van der Waals surface area contributed by atoms with Crippen molar-refractivity contribution in [3.63, 3.8) is 0 Å². The lowest BCUT2D eigenvalue weighted by Crippen LogP contribution is -2.43. The van der Waals surface area contributed by atoms with Crippen LogP contribution in [-0.4, -0.2) is 49.0 Å². The van der Waals surface area contributed by atoms with Crippen LogP contribution in [0.4, 0.5) is 4.79 Å². The molecule has 8 heteroatoms. The number of guanidine groups is 1. The van der Waals surface area contributed by atoms with E-state index >= 15 is 0 Å². The van der Waals surface area contributed by atoms with Crippen molar-refractivity contribution >= 4 is 41.9 Å². The Balaban J connectivity index is 0.00000312. The molecule has 1 aromatic carbocycles. The number of rotatable bonds is 7. The Hall–Kier alpha value is -1.84. The van der Waals surface area contributed by atoms with Crippen LogP contribution in [0.1, 0.15) is 25.0 Å². The lowest BCUT2D eigenvalue weighted by molar-refractivity contribution is -0.124. The molecule has 0 aromatic heterocycles. The fourth-order valence-electron chi connectivity index (χ4n) is 2.53. The number of imide groups is 1. The molecular formula is C17H26IN5O2. The smallest absolute Gasteiger partial charge is 0.324 e. The molecule has 7 nitrogen and oxygen atoms in total. The Labute approximate surface area is 165 Å². The molecule has 3 amide bonds. The molecule has 0 aliphatic carbocycles. The van der Waals surface area contributed by atoms with E-state index in [0.29, 0.717) is 25.6 Å². The van der Waals surface area contributed by atoms with Crippen molar-refractivity contribution in [2.45, 2.75) is 26.8 Å². The normalized spacial score (nSPS) is 14.2. The van der Waals surface area contributed by atoms with Gasteiger partial charge in [0.15, 0.2) is 5.96 Å². The Morgan fingerprint density at radius 2 is 1.92 bits per heavy atom. The summed E-state index contributed by atoms with van der Waals surface area (Å²) in [6.45, 7) is 6.31. The summed E-state index contributed by atoms with van der Waals surface area (Å²) >= 11 is 0. The Morgan fingerprint density at radius 1 is 1.20 bits per heavy atom. The van der Waals surface area contributed by atoms with Crippen molar-refractivity contribution in [3.8, 4) is 0 Å². The van der Waals surface area contributed by atoms with Crippen molar-refractivity contribution in [3.05, 3.63) is 35.4 Å². The van der Waals surface area contributed by atoms with Gasteiger partial charge in [0.2, 0.25) is 5.91 Å². The predicted molar refractivity (Wildman–Crippen MR) is 109 cm³/mol. The molecule has 1 aromatic rings. The average Bonchev–Trinajstić information content (AvgIpc) is 2.91. The summed E-state index contributed by atoms with van der Waals surface area (Å²) in [7, 11) is 0. The van der Waals surface area contributed by atoms with Gasteiger partial charge in [0, 0.05) is 19.6 Å². The molecule has 2 rings (SSSR count). The number of urea groups is 1. The highest BCUT2D eigenvalue weighted by molar-refractivity contribution is 14.0. The van der Waals surface area contributed by atoms with Crippen LogP contribution in [0.3, 0.4) is 0 Å². The largest absolute Gasteiger partial charge is 0.357 e. The Kier molecular flexibility index (Phi) is 9.25. The first-order chi connectivity index (χ1) is 11.7. The topological polar surface area (TPSA) is 85.8 Å². The fraction of sp³-hybridized carbons (Fsp3) is 0.471. The van der Waals surface area contributed by atoms with Gasteiger partial charge in [-0.1, -0.05) is 31.2 Å². The minimum Gasteiger partial charge on any atom is -0.357 e. The number of aliphatic imine (C=N–C) groups is 1. The third kappa shape index (κ3) is 6.18. The van der Waals surface area contributed by atoms with Crippen molar-refractivity contribution in [2.24, 2.45) is 4.99 Å². The maximum Gasteiger partial charge on any atom is 0.324 e. The molecule has 0 bridgehead atoms. The number of carbonyl (C=O) groups is 2. The summed E-state index contributed by atoms with van der Waals surface area (Å²) in [5.41, 5.74) is 2.49. The molecule has 1 aliphatic heterocycles. The van der Waals surface area contributed by atoms with Crippen LogP contribution in [0.2, 0.25) is 0 Å². The molecule has 1 heterocycles. The first kappa shape index (κ1) is 21.2. The summed E-state index contributed by atoms with van der Waals surface area (Å²) in [4.78, 5) is 28.8. The van der Waals surface area contributed by atoms with E-state index in [-0.39, 0.29) is 42.5 Å². The predicted octanol–water partition coefficient (Wildman–Crippen LogP) is 1.47. The fourth-order valence-corrected chi connectivity index (χ4v) is 2.53. The second-order valence-electron chi connectivity index (χ2n) is 5.45. The van der Waals surface area contributed by atoms with Crippen LogP contribution >= 0.6 is 24.0 Å². The number of benzene rings is 1. The van der Waals surface area contributed by atoms with Crippen molar-refractivity contribution < 1.29 is 9.59 Å². The lowest BCUT2D eigenvalue weighted by Gasteiger charge is -2.15.